The Bertz CT molecular complexity index is 414. The van der Waals surface area contributed by atoms with Gasteiger partial charge >= 0.3 is 0 Å². The van der Waals surface area contributed by atoms with Gasteiger partial charge in [-0.05, 0) is 46.5 Å². The van der Waals surface area contributed by atoms with Crippen molar-refractivity contribution in [3.8, 4) is 0 Å². The van der Waals surface area contributed by atoms with Gasteiger partial charge in [0.1, 0.15) is 5.82 Å². The summed E-state index contributed by atoms with van der Waals surface area (Å²) in [6, 6.07) is 4.02. The highest BCUT2D eigenvalue weighted by atomic mass is 15.3. The van der Waals surface area contributed by atoms with Gasteiger partial charge in [-0.1, -0.05) is 6.07 Å². The van der Waals surface area contributed by atoms with Crippen LogP contribution in [0, 0.1) is 0 Å². The summed E-state index contributed by atoms with van der Waals surface area (Å²) in [4.78, 5) is 8.97. The standard InChI is InChI=1S/C14H25N5/c1-18(2)14(7-5-8-14)11-19(3)10-12-6-4-9-16-13(12)17-15/h4,6,9H,5,7-8,10-11,15H2,1-3H3,(H,16,17). The molecule has 1 heterocycles. The Balaban J connectivity index is 1.99. The maximum absolute atomic E-state index is 5.50. The molecule has 3 N–H and O–H groups in total. The van der Waals surface area contributed by atoms with E-state index in [0.717, 1.165) is 24.5 Å². The van der Waals surface area contributed by atoms with Crippen LogP contribution in [-0.4, -0.2) is 48.0 Å². The molecule has 0 bridgehead atoms. The van der Waals surface area contributed by atoms with Crippen LogP contribution in [0.4, 0.5) is 5.82 Å². The van der Waals surface area contributed by atoms with Crippen LogP contribution < -0.4 is 11.3 Å². The fraction of sp³-hybridized carbons (Fsp3) is 0.643. The summed E-state index contributed by atoms with van der Waals surface area (Å²) in [5.41, 5.74) is 4.16. The molecule has 0 spiro atoms. The molecule has 0 aliphatic heterocycles. The average Bonchev–Trinajstić information content (AvgIpc) is 2.34. The lowest BCUT2D eigenvalue weighted by molar-refractivity contribution is 0.0259. The molecule has 0 atom stereocenters. The number of nitrogen functional groups attached to an aromatic ring is 1. The van der Waals surface area contributed by atoms with E-state index in [-0.39, 0.29) is 0 Å². The molecule has 0 saturated heterocycles. The SMILES string of the molecule is CN(Cc1cccnc1NN)CC1(N(C)C)CCC1. The molecule has 2 rings (SSSR count). The van der Waals surface area contributed by atoms with Gasteiger partial charge < -0.3 is 15.2 Å². The van der Waals surface area contributed by atoms with Crippen molar-refractivity contribution in [2.45, 2.75) is 31.3 Å². The Hall–Kier alpha value is -1.17. The van der Waals surface area contributed by atoms with Gasteiger partial charge in [0.25, 0.3) is 0 Å². The number of nitrogens with two attached hydrogens (primary N) is 1. The maximum Gasteiger partial charge on any atom is 0.144 e. The van der Waals surface area contributed by atoms with Gasteiger partial charge in [-0.15, -0.1) is 0 Å². The van der Waals surface area contributed by atoms with Crippen LogP contribution in [0.3, 0.4) is 0 Å². The predicted molar refractivity (Wildman–Crippen MR) is 78.7 cm³/mol. The highest BCUT2D eigenvalue weighted by Gasteiger charge is 2.39. The summed E-state index contributed by atoms with van der Waals surface area (Å²) in [6.07, 6.45) is 5.68. The van der Waals surface area contributed by atoms with Gasteiger partial charge in [-0.3, -0.25) is 0 Å². The average molecular weight is 263 g/mol. The number of likely N-dealkylation sites (N-methyl/N-ethyl adjacent to an activating group) is 2. The van der Waals surface area contributed by atoms with Gasteiger partial charge in [-0.25, -0.2) is 10.8 Å². The van der Waals surface area contributed by atoms with Crippen molar-refractivity contribution >= 4 is 5.82 Å². The van der Waals surface area contributed by atoms with Gasteiger partial charge in [0.2, 0.25) is 0 Å². The molecule has 5 nitrogen and oxygen atoms in total. The zero-order valence-corrected chi connectivity index (χ0v) is 12.2. The lowest BCUT2D eigenvalue weighted by atomic mass is 9.75. The zero-order valence-electron chi connectivity index (χ0n) is 12.2. The van der Waals surface area contributed by atoms with Crippen molar-refractivity contribution in [1.82, 2.24) is 14.8 Å². The zero-order chi connectivity index (χ0) is 13.9. The molecule has 1 aromatic rings. The smallest absolute Gasteiger partial charge is 0.144 e. The summed E-state index contributed by atoms with van der Waals surface area (Å²) < 4.78 is 0. The lowest BCUT2D eigenvalue weighted by Crippen LogP contribution is -2.56. The van der Waals surface area contributed by atoms with Gasteiger partial charge in [0, 0.05) is 30.4 Å². The lowest BCUT2D eigenvalue weighted by Gasteiger charge is -2.49. The molecule has 0 radical (unpaired) electrons. The quantitative estimate of drug-likeness (QED) is 0.598. The van der Waals surface area contributed by atoms with Gasteiger partial charge in [-0.2, -0.15) is 0 Å². The minimum atomic E-state index is 0.354. The number of hydrogen-bond acceptors (Lipinski definition) is 5. The van der Waals surface area contributed by atoms with Crippen molar-refractivity contribution in [1.29, 1.82) is 0 Å². The van der Waals surface area contributed by atoms with Crippen LogP contribution in [0.5, 0.6) is 0 Å². The molecule has 5 heteroatoms. The highest BCUT2D eigenvalue weighted by Crippen LogP contribution is 2.36. The molecule has 1 aromatic heterocycles. The van der Waals surface area contributed by atoms with Crippen LogP contribution in [0.25, 0.3) is 0 Å². The second kappa shape index (κ2) is 5.86. The molecular weight excluding hydrogens is 238 g/mol. The third-order valence-corrected chi connectivity index (χ3v) is 4.27. The molecule has 0 amide bonds. The van der Waals surface area contributed by atoms with Gasteiger partial charge in [0.05, 0.1) is 0 Å². The number of anilines is 1. The Morgan fingerprint density at radius 3 is 2.63 bits per heavy atom. The molecule has 1 aliphatic carbocycles. The van der Waals surface area contributed by atoms with Crippen molar-refractivity contribution in [2.75, 3.05) is 33.1 Å². The molecule has 0 aromatic carbocycles. The van der Waals surface area contributed by atoms with Crippen molar-refractivity contribution < 1.29 is 0 Å². The van der Waals surface area contributed by atoms with E-state index in [1.165, 1.54) is 19.3 Å². The van der Waals surface area contributed by atoms with Crippen molar-refractivity contribution in [3.05, 3.63) is 23.9 Å². The number of nitrogens with zero attached hydrogens (tertiary/aromatic N) is 3. The van der Waals surface area contributed by atoms with Crippen LogP contribution in [0.2, 0.25) is 0 Å². The topological polar surface area (TPSA) is 57.4 Å². The molecule has 1 fully saturated rings. The first-order chi connectivity index (χ1) is 9.07. The number of pyridine rings is 1. The van der Waals surface area contributed by atoms with Gasteiger partial charge in [0.15, 0.2) is 0 Å². The molecule has 106 valence electrons. The molecule has 19 heavy (non-hydrogen) atoms. The van der Waals surface area contributed by atoms with E-state index >= 15 is 0 Å². The Kier molecular flexibility index (Phi) is 4.39. The third-order valence-electron chi connectivity index (χ3n) is 4.27. The molecule has 0 unspecified atom stereocenters. The number of nitrogens with one attached hydrogen (secondary N) is 1. The first-order valence-corrected chi connectivity index (χ1v) is 6.84. The second-order valence-electron chi connectivity index (χ2n) is 5.80. The van der Waals surface area contributed by atoms with Crippen molar-refractivity contribution in [3.63, 3.8) is 0 Å². The summed E-state index contributed by atoms with van der Waals surface area (Å²) in [5, 5.41) is 0. The van der Waals surface area contributed by atoms with E-state index in [1.54, 1.807) is 6.20 Å². The highest BCUT2D eigenvalue weighted by molar-refractivity contribution is 5.42. The normalized spacial score (nSPS) is 17.6. The summed E-state index contributed by atoms with van der Waals surface area (Å²) in [5.74, 6) is 6.27. The maximum atomic E-state index is 5.50. The largest absolute Gasteiger partial charge is 0.308 e. The fourth-order valence-corrected chi connectivity index (χ4v) is 2.88. The second-order valence-corrected chi connectivity index (χ2v) is 5.80. The van der Waals surface area contributed by atoms with Crippen LogP contribution >= 0.6 is 0 Å². The summed E-state index contributed by atoms with van der Waals surface area (Å²) in [7, 11) is 6.53. The minimum absolute atomic E-state index is 0.354. The first-order valence-electron chi connectivity index (χ1n) is 6.84. The van der Waals surface area contributed by atoms with Crippen LogP contribution in [-0.2, 0) is 6.54 Å². The summed E-state index contributed by atoms with van der Waals surface area (Å²) in [6.45, 7) is 1.95. The van der Waals surface area contributed by atoms with E-state index in [0.29, 0.717) is 5.54 Å². The monoisotopic (exact) mass is 263 g/mol. The molecule has 1 aliphatic rings. The Morgan fingerprint density at radius 1 is 1.37 bits per heavy atom. The minimum Gasteiger partial charge on any atom is -0.308 e. The Morgan fingerprint density at radius 2 is 2.11 bits per heavy atom. The number of hydrogen-bond donors (Lipinski definition) is 2. The predicted octanol–water partition coefficient (Wildman–Crippen LogP) is 1.28. The number of aromatic nitrogens is 1. The van der Waals surface area contributed by atoms with Crippen molar-refractivity contribution in [2.24, 2.45) is 5.84 Å². The van der Waals surface area contributed by atoms with E-state index in [2.05, 4.69) is 47.4 Å². The number of rotatable bonds is 6. The number of hydrazine groups is 1. The first kappa shape index (κ1) is 14.2. The summed E-state index contributed by atoms with van der Waals surface area (Å²) >= 11 is 0. The van der Waals surface area contributed by atoms with E-state index in [1.807, 2.05) is 6.07 Å². The molecule has 1 saturated carbocycles. The third kappa shape index (κ3) is 3.05. The van der Waals surface area contributed by atoms with E-state index < -0.39 is 0 Å². The van der Waals surface area contributed by atoms with Crippen LogP contribution in [0.1, 0.15) is 24.8 Å². The fourth-order valence-electron chi connectivity index (χ4n) is 2.88. The molecular formula is C14H25N5. The van der Waals surface area contributed by atoms with E-state index in [4.69, 9.17) is 5.84 Å². The van der Waals surface area contributed by atoms with Crippen LogP contribution in [0.15, 0.2) is 18.3 Å². The Labute approximate surface area is 115 Å². The van der Waals surface area contributed by atoms with E-state index in [9.17, 15) is 0 Å².